The molecular weight excluding hydrogens is 311 g/mol. The predicted octanol–water partition coefficient (Wildman–Crippen LogP) is 4.78. The lowest BCUT2D eigenvalue weighted by atomic mass is 10.1. The second kappa shape index (κ2) is 5.66. The van der Waals surface area contributed by atoms with Crippen molar-refractivity contribution in [3.63, 3.8) is 0 Å². The second-order valence-corrected chi connectivity index (χ2v) is 4.47. The van der Waals surface area contributed by atoms with E-state index in [2.05, 4.69) is 38.8 Å². The lowest BCUT2D eigenvalue weighted by molar-refractivity contribution is 0.626. The summed E-state index contributed by atoms with van der Waals surface area (Å²) < 4.78 is 13.8. The molecule has 0 bridgehead atoms. The van der Waals surface area contributed by atoms with Crippen LogP contribution in [0.4, 0.5) is 4.39 Å². The molecule has 1 aromatic rings. The zero-order valence-electron chi connectivity index (χ0n) is 7.86. The van der Waals surface area contributed by atoms with Gasteiger partial charge in [-0.15, -0.1) is 0 Å². The Balaban J connectivity index is 3.01. The van der Waals surface area contributed by atoms with Gasteiger partial charge in [-0.05, 0) is 30.2 Å². The van der Waals surface area contributed by atoms with Crippen LogP contribution in [0.25, 0.3) is 6.08 Å². The van der Waals surface area contributed by atoms with Crippen LogP contribution in [0.2, 0.25) is 0 Å². The molecule has 0 amide bonds. The van der Waals surface area contributed by atoms with E-state index in [4.69, 9.17) is 0 Å². The van der Waals surface area contributed by atoms with Crippen molar-refractivity contribution in [1.29, 1.82) is 0 Å². The largest absolute Gasteiger partial charge is 0.207 e. The highest BCUT2D eigenvalue weighted by molar-refractivity contribution is 9.10. The first kappa shape index (κ1) is 11.9. The summed E-state index contributed by atoms with van der Waals surface area (Å²) in [5, 5.41) is 0.831. The van der Waals surface area contributed by atoms with E-state index in [1.807, 2.05) is 12.1 Å². The number of hydrogen-bond donors (Lipinski definition) is 0. The van der Waals surface area contributed by atoms with Crippen LogP contribution in [-0.2, 0) is 0 Å². The highest BCUT2D eigenvalue weighted by Gasteiger charge is 1.98. The molecule has 0 aliphatic heterocycles. The minimum atomic E-state index is -0.212. The average Bonchev–Trinajstić information content (AvgIpc) is 2.12. The molecule has 0 N–H and O–H groups in total. The molecular formula is C11H11Br2F. The van der Waals surface area contributed by atoms with E-state index in [1.165, 1.54) is 17.7 Å². The lowest BCUT2D eigenvalue weighted by Crippen LogP contribution is -1.84. The lowest BCUT2D eigenvalue weighted by Gasteiger charge is -2.01. The highest BCUT2D eigenvalue weighted by atomic mass is 79.9. The molecule has 1 aromatic carbocycles. The van der Waals surface area contributed by atoms with Crippen LogP contribution in [0, 0.1) is 5.82 Å². The van der Waals surface area contributed by atoms with Crippen LogP contribution in [0.3, 0.4) is 0 Å². The molecule has 3 heteroatoms. The van der Waals surface area contributed by atoms with Crippen molar-refractivity contribution in [1.82, 2.24) is 0 Å². The van der Waals surface area contributed by atoms with Gasteiger partial charge in [0, 0.05) is 9.80 Å². The van der Waals surface area contributed by atoms with Gasteiger partial charge >= 0.3 is 0 Å². The van der Waals surface area contributed by atoms with Crippen molar-refractivity contribution in [2.45, 2.75) is 13.3 Å². The Morgan fingerprint density at radius 1 is 1.43 bits per heavy atom. The summed E-state index contributed by atoms with van der Waals surface area (Å²) >= 11 is 6.66. The van der Waals surface area contributed by atoms with Gasteiger partial charge < -0.3 is 0 Å². The Kier molecular flexibility index (Phi) is 4.82. The van der Waals surface area contributed by atoms with Gasteiger partial charge in [-0.1, -0.05) is 50.4 Å². The van der Waals surface area contributed by atoms with E-state index >= 15 is 0 Å². The molecule has 76 valence electrons. The molecule has 0 atom stereocenters. The zero-order chi connectivity index (χ0) is 10.6. The van der Waals surface area contributed by atoms with Gasteiger partial charge in [0.15, 0.2) is 0 Å². The van der Waals surface area contributed by atoms with E-state index < -0.39 is 0 Å². The number of halogens is 3. The molecule has 0 saturated heterocycles. The van der Waals surface area contributed by atoms with Gasteiger partial charge in [-0.2, -0.15) is 0 Å². The normalized spacial score (nSPS) is 11.9. The fourth-order valence-corrected chi connectivity index (χ4v) is 2.17. The number of alkyl halides is 1. The van der Waals surface area contributed by atoms with Crippen LogP contribution < -0.4 is 0 Å². The van der Waals surface area contributed by atoms with Gasteiger partial charge in [-0.25, -0.2) is 4.39 Å². The first-order chi connectivity index (χ1) is 6.65. The molecule has 0 fully saturated rings. The van der Waals surface area contributed by atoms with Gasteiger partial charge in [0.05, 0.1) is 0 Å². The topological polar surface area (TPSA) is 0 Å². The number of allylic oxidation sites excluding steroid dienone is 1. The summed E-state index contributed by atoms with van der Waals surface area (Å²) in [6.07, 6.45) is 2.97. The number of rotatable bonds is 3. The molecule has 0 aliphatic rings. The summed E-state index contributed by atoms with van der Waals surface area (Å²) in [6, 6.07) is 4.89. The molecule has 14 heavy (non-hydrogen) atoms. The maximum Gasteiger partial charge on any atom is 0.124 e. The smallest absolute Gasteiger partial charge is 0.124 e. The molecule has 0 saturated carbocycles. The van der Waals surface area contributed by atoms with E-state index in [0.29, 0.717) is 0 Å². The van der Waals surface area contributed by atoms with Crippen molar-refractivity contribution in [2.75, 3.05) is 5.33 Å². The summed E-state index contributed by atoms with van der Waals surface area (Å²) in [7, 11) is 0. The fourth-order valence-electron chi connectivity index (χ4n) is 1.13. The number of hydrogen-bond acceptors (Lipinski definition) is 0. The highest BCUT2D eigenvalue weighted by Crippen LogP contribution is 2.18. The van der Waals surface area contributed by atoms with Crippen LogP contribution in [0.15, 0.2) is 28.2 Å². The molecule has 1 rings (SSSR count). The van der Waals surface area contributed by atoms with Gasteiger partial charge in [0.1, 0.15) is 5.82 Å². The molecule has 0 nitrogen and oxygen atoms in total. The van der Waals surface area contributed by atoms with Crippen molar-refractivity contribution in [3.05, 3.63) is 39.6 Å². The van der Waals surface area contributed by atoms with E-state index in [1.54, 1.807) is 0 Å². The Labute approximate surface area is 100 Å². The zero-order valence-corrected chi connectivity index (χ0v) is 11.0. The molecule has 0 aromatic heterocycles. The van der Waals surface area contributed by atoms with Crippen molar-refractivity contribution in [2.24, 2.45) is 0 Å². The van der Waals surface area contributed by atoms with Gasteiger partial charge in [-0.3, -0.25) is 0 Å². The van der Waals surface area contributed by atoms with Gasteiger partial charge in [0.25, 0.3) is 0 Å². The summed E-state index contributed by atoms with van der Waals surface area (Å²) in [6.45, 7) is 2.08. The van der Waals surface area contributed by atoms with Crippen molar-refractivity contribution in [3.8, 4) is 0 Å². The van der Waals surface area contributed by atoms with E-state index in [9.17, 15) is 4.39 Å². The maximum absolute atomic E-state index is 13.0. The molecule has 0 heterocycles. The van der Waals surface area contributed by atoms with Crippen LogP contribution in [-0.4, -0.2) is 5.33 Å². The summed E-state index contributed by atoms with van der Waals surface area (Å²) in [5.41, 5.74) is 2.15. The Morgan fingerprint density at radius 2 is 2.14 bits per heavy atom. The fraction of sp³-hybridized carbons (Fsp3) is 0.273. The molecule has 0 radical (unpaired) electrons. The predicted molar refractivity (Wildman–Crippen MR) is 66.2 cm³/mol. The summed E-state index contributed by atoms with van der Waals surface area (Å²) in [5.74, 6) is -0.212. The first-order valence-corrected chi connectivity index (χ1v) is 6.28. The maximum atomic E-state index is 13.0. The van der Waals surface area contributed by atoms with Crippen LogP contribution in [0.1, 0.15) is 18.9 Å². The van der Waals surface area contributed by atoms with Crippen molar-refractivity contribution < 1.29 is 4.39 Å². The molecule has 0 aliphatic carbocycles. The average molecular weight is 322 g/mol. The van der Waals surface area contributed by atoms with E-state index in [-0.39, 0.29) is 5.82 Å². The third-order valence-corrected chi connectivity index (χ3v) is 3.06. The number of benzene rings is 1. The SMILES string of the molecule is CC/C(=C/c1cc(F)cc(Br)c1)CBr. The standard InChI is InChI=1S/C11H11Br2F/c1-2-8(7-12)3-9-4-10(13)6-11(14)5-9/h3-6H,2,7H2,1H3/b8-3-. The summed E-state index contributed by atoms with van der Waals surface area (Å²) in [4.78, 5) is 0. The monoisotopic (exact) mass is 320 g/mol. The van der Waals surface area contributed by atoms with Crippen LogP contribution in [0.5, 0.6) is 0 Å². The van der Waals surface area contributed by atoms with E-state index in [0.717, 1.165) is 21.8 Å². The Morgan fingerprint density at radius 3 is 2.64 bits per heavy atom. The molecule has 0 spiro atoms. The Bertz CT molecular complexity index is 319. The van der Waals surface area contributed by atoms with Crippen LogP contribution >= 0.6 is 31.9 Å². The third kappa shape index (κ3) is 3.54. The second-order valence-electron chi connectivity index (χ2n) is 2.99. The third-order valence-electron chi connectivity index (χ3n) is 1.88. The van der Waals surface area contributed by atoms with Gasteiger partial charge in [0.2, 0.25) is 0 Å². The minimum Gasteiger partial charge on any atom is -0.207 e. The Hall–Kier alpha value is -0.150. The molecule has 0 unspecified atom stereocenters. The quantitative estimate of drug-likeness (QED) is 0.703. The van der Waals surface area contributed by atoms with Crippen molar-refractivity contribution >= 4 is 37.9 Å². The first-order valence-electron chi connectivity index (χ1n) is 4.37. The minimum absolute atomic E-state index is 0.212.